The minimum absolute atomic E-state index is 0.138. The van der Waals surface area contributed by atoms with Crippen molar-refractivity contribution in [2.24, 2.45) is 11.8 Å². The third-order valence-corrected chi connectivity index (χ3v) is 5.55. The zero-order chi connectivity index (χ0) is 22.5. The predicted octanol–water partition coefficient (Wildman–Crippen LogP) is 4.26. The van der Waals surface area contributed by atoms with Gasteiger partial charge < -0.3 is 19.2 Å². The van der Waals surface area contributed by atoms with Gasteiger partial charge in [-0.25, -0.2) is 4.39 Å². The normalized spacial score (nSPS) is 15.2. The number of rotatable bonds is 8. The molecule has 0 spiro atoms. The van der Waals surface area contributed by atoms with Crippen LogP contribution in [-0.4, -0.2) is 60.6 Å². The van der Waals surface area contributed by atoms with Crippen molar-refractivity contribution in [1.29, 1.82) is 0 Å². The molecular formula is C24H35FN4O2. The van der Waals surface area contributed by atoms with Crippen molar-refractivity contribution >= 4 is 11.8 Å². The second kappa shape index (κ2) is 10.3. The summed E-state index contributed by atoms with van der Waals surface area (Å²) >= 11 is 0. The number of hydrogen-bond donors (Lipinski definition) is 0. The van der Waals surface area contributed by atoms with Crippen LogP contribution in [-0.2, 0) is 11.3 Å². The quantitative estimate of drug-likeness (QED) is 0.626. The van der Waals surface area contributed by atoms with E-state index >= 15 is 0 Å². The summed E-state index contributed by atoms with van der Waals surface area (Å²) in [5.74, 6) is 1.20. The molecule has 0 saturated carbocycles. The van der Waals surface area contributed by atoms with Gasteiger partial charge in [-0.2, -0.15) is 0 Å². The monoisotopic (exact) mass is 430 g/mol. The Balaban J connectivity index is 1.98. The molecule has 1 fully saturated rings. The lowest BCUT2D eigenvalue weighted by Gasteiger charge is -2.33. The van der Waals surface area contributed by atoms with E-state index in [0.29, 0.717) is 37.0 Å². The summed E-state index contributed by atoms with van der Waals surface area (Å²) in [6.07, 6.45) is 0.508. The van der Waals surface area contributed by atoms with Crippen molar-refractivity contribution in [2.75, 3.05) is 44.7 Å². The van der Waals surface area contributed by atoms with Gasteiger partial charge in [-0.3, -0.25) is 4.79 Å². The first kappa shape index (κ1) is 23.3. The predicted molar refractivity (Wildman–Crippen MR) is 121 cm³/mol. The highest BCUT2D eigenvalue weighted by Crippen LogP contribution is 2.33. The van der Waals surface area contributed by atoms with E-state index in [1.54, 1.807) is 12.1 Å². The zero-order valence-electron chi connectivity index (χ0n) is 19.4. The van der Waals surface area contributed by atoms with E-state index in [-0.39, 0.29) is 11.7 Å². The van der Waals surface area contributed by atoms with Crippen LogP contribution in [0.3, 0.4) is 0 Å². The highest BCUT2D eigenvalue weighted by atomic mass is 19.1. The van der Waals surface area contributed by atoms with Crippen LogP contribution >= 0.6 is 0 Å². The Bertz CT molecular complexity index is 855. The molecule has 0 atom stereocenters. The van der Waals surface area contributed by atoms with Crippen LogP contribution in [0.5, 0.6) is 0 Å². The lowest BCUT2D eigenvalue weighted by Crippen LogP contribution is -2.45. The topological polar surface area (TPSA) is 52.8 Å². The van der Waals surface area contributed by atoms with Crippen LogP contribution in [0, 0.1) is 17.7 Å². The van der Waals surface area contributed by atoms with Gasteiger partial charge in [0.05, 0.1) is 12.1 Å². The molecule has 1 aliphatic rings. The lowest BCUT2D eigenvalue weighted by molar-refractivity contribution is -0.133. The minimum Gasteiger partial charge on any atom is -0.338 e. The minimum atomic E-state index is -0.290. The third kappa shape index (κ3) is 6.06. The molecule has 0 aliphatic carbocycles. The molecule has 3 rings (SSSR count). The Kier molecular flexibility index (Phi) is 7.70. The highest BCUT2D eigenvalue weighted by Gasteiger charge is 2.28. The molecule has 170 valence electrons. The first-order valence-electron chi connectivity index (χ1n) is 11.2. The summed E-state index contributed by atoms with van der Waals surface area (Å²) in [4.78, 5) is 19.5. The number of amides is 1. The van der Waals surface area contributed by atoms with E-state index in [1.165, 1.54) is 12.1 Å². The summed E-state index contributed by atoms with van der Waals surface area (Å²) in [7, 11) is 2.11. The van der Waals surface area contributed by atoms with Crippen LogP contribution < -0.4 is 4.90 Å². The molecule has 2 heterocycles. The highest BCUT2D eigenvalue weighted by molar-refractivity contribution is 5.77. The van der Waals surface area contributed by atoms with Gasteiger partial charge in [0, 0.05) is 44.7 Å². The SMILES string of the molecule is CC(C)CC(=O)N(Cc1c(-c2ccc(F)cc2)noc1N1CCN(C)CC1)CC(C)C. The van der Waals surface area contributed by atoms with E-state index in [4.69, 9.17) is 4.52 Å². The largest absolute Gasteiger partial charge is 0.338 e. The second-order valence-corrected chi connectivity index (χ2v) is 9.38. The average molecular weight is 431 g/mol. The molecule has 6 nitrogen and oxygen atoms in total. The molecule has 0 unspecified atom stereocenters. The van der Waals surface area contributed by atoms with Crippen LogP contribution in [0.25, 0.3) is 11.3 Å². The van der Waals surface area contributed by atoms with Gasteiger partial charge in [-0.15, -0.1) is 0 Å². The Hall–Kier alpha value is -2.41. The van der Waals surface area contributed by atoms with Crippen molar-refractivity contribution in [3.8, 4) is 11.3 Å². The third-order valence-electron chi connectivity index (χ3n) is 5.55. The molecule has 1 aliphatic heterocycles. The smallest absolute Gasteiger partial charge is 0.232 e. The van der Waals surface area contributed by atoms with Crippen molar-refractivity contribution in [2.45, 2.75) is 40.7 Å². The van der Waals surface area contributed by atoms with Crippen molar-refractivity contribution < 1.29 is 13.7 Å². The van der Waals surface area contributed by atoms with E-state index in [1.807, 2.05) is 4.90 Å². The van der Waals surface area contributed by atoms with Crippen molar-refractivity contribution in [3.63, 3.8) is 0 Å². The van der Waals surface area contributed by atoms with Gasteiger partial charge in [-0.1, -0.05) is 32.9 Å². The maximum atomic E-state index is 13.5. The van der Waals surface area contributed by atoms with Crippen LogP contribution in [0.15, 0.2) is 28.8 Å². The molecule has 1 saturated heterocycles. The van der Waals surface area contributed by atoms with Gasteiger partial charge in [-0.05, 0) is 43.1 Å². The van der Waals surface area contributed by atoms with E-state index in [2.05, 4.69) is 49.7 Å². The maximum Gasteiger partial charge on any atom is 0.232 e. The number of aromatic nitrogens is 1. The number of likely N-dealkylation sites (N-methyl/N-ethyl adjacent to an activating group) is 1. The number of halogens is 1. The Morgan fingerprint density at radius 2 is 1.74 bits per heavy atom. The molecular weight excluding hydrogens is 395 g/mol. The first-order valence-corrected chi connectivity index (χ1v) is 11.2. The summed E-state index contributed by atoms with van der Waals surface area (Å²) in [5, 5.41) is 4.37. The van der Waals surface area contributed by atoms with Crippen molar-refractivity contribution in [1.82, 2.24) is 15.0 Å². The lowest BCUT2D eigenvalue weighted by atomic mass is 10.0. The summed E-state index contributed by atoms with van der Waals surface area (Å²) < 4.78 is 19.4. The van der Waals surface area contributed by atoms with E-state index < -0.39 is 0 Å². The van der Waals surface area contributed by atoms with E-state index in [0.717, 1.165) is 43.2 Å². The Morgan fingerprint density at radius 1 is 1.10 bits per heavy atom. The first-order chi connectivity index (χ1) is 14.7. The molecule has 2 aromatic rings. The number of piperazine rings is 1. The van der Waals surface area contributed by atoms with E-state index in [9.17, 15) is 9.18 Å². The number of anilines is 1. The van der Waals surface area contributed by atoms with Gasteiger partial charge in [0.25, 0.3) is 0 Å². The number of nitrogens with zero attached hydrogens (tertiary/aromatic N) is 4. The standard InChI is InChI=1S/C24H35FN4O2/c1-17(2)14-22(30)29(15-18(3)4)16-21-23(19-6-8-20(25)9-7-19)26-31-24(21)28-12-10-27(5)11-13-28/h6-9,17-18H,10-16H2,1-5H3. The van der Waals surface area contributed by atoms with Gasteiger partial charge in [0.2, 0.25) is 11.8 Å². The fourth-order valence-corrected chi connectivity index (χ4v) is 3.90. The second-order valence-electron chi connectivity index (χ2n) is 9.38. The zero-order valence-corrected chi connectivity index (χ0v) is 19.4. The number of benzene rings is 1. The Morgan fingerprint density at radius 3 is 2.32 bits per heavy atom. The molecule has 1 aromatic carbocycles. The number of carbonyl (C=O) groups is 1. The molecule has 1 amide bonds. The van der Waals surface area contributed by atoms with Gasteiger partial charge in [0.1, 0.15) is 11.5 Å². The molecule has 7 heteroatoms. The van der Waals surface area contributed by atoms with Gasteiger partial charge >= 0.3 is 0 Å². The maximum absolute atomic E-state index is 13.5. The fourth-order valence-electron chi connectivity index (χ4n) is 3.90. The van der Waals surface area contributed by atoms with Crippen LogP contribution in [0.2, 0.25) is 0 Å². The molecule has 0 radical (unpaired) electrons. The fraction of sp³-hybridized carbons (Fsp3) is 0.583. The van der Waals surface area contributed by atoms with Crippen LogP contribution in [0.1, 0.15) is 39.7 Å². The molecule has 0 bridgehead atoms. The van der Waals surface area contributed by atoms with Crippen molar-refractivity contribution in [3.05, 3.63) is 35.6 Å². The molecule has 0 N–H and O–H groups in total. The summed E-state index contributed by atoms with van der Waals surface area (Å²) in [6, 6.07) is 6.29. The summed E-state index contributed by atoms with van der Waals surface area (Å²) in [5.41, 5.74) is 2.37. The number of hydrogen-bond acceptors (Lipinski definition) is 5. The van der Waals surface area contributed by atoms with Gasteiger partial charge in [0.15, 0.2) is 0 Å². The Labute approximate surface area is 185 Å². The summed E-state index contributed by atoms with van der Waals surface area (Å²) in [6.45, 7) is 13.0. The average Bonchev–Trinajstić information content (AvgIpc) is 3.11. The molecule has 1 aromatic heterocycles. The molecule has 31 heavy (non-hydrogen) atoms. The van der Waals surface area contributed by atoms with Crippen LogP contribution in [0.4, 0.5) is 10.3 Å². The number of carbonyl (C=O) groups excluding carboxylic acids is 1.